The minimum atomic E-state index is -0.193. The van der Waals surface area contributed by atoms with Crippen LogP contribution in [0, 0.1) is 0 Å². The van der Waals surface area contributed by atoms with Gasteiger partial charge in [-0.3, -0.25) is 4.68 Å². The number of urea groups is 1. The molecule has 2 N–H and O–H groups in total. The number of aromatic nitrogens is 2. The molecule has 0 aliphatic rings. The molecule has 0 aliphatic heterocycles. The fraction of sp³-hybridized carbons (Fsp3) is 0.385. The lowest BCUT2D eigenvalue weighted by atomic mass is 10.3. The van der Waals surface area contributed by atoms with E-state index in [1.165, 1.54) is 11.3 Å². The van der Waals surface area contributed by atoms with Crippen LogP contribution >= 0.6 is 22.9 Å². The molecule has 2 aromatic rings. The molecule has 5 nitrogen and oxygen atoms in total. The molecule has 108 valence electrons. The third-order valence-corrected chi connectivity index (χ3v) is 4.18. The maximum absolute atomic E-state index is 11.9. The highest BCUT2D eigenvalue weighted by Crippen LogP contribution is 2.26. The number of halogens is 1. The number of hydrogen-bond acceptors (Lipinski definition) is 3. The lowest BCUT2D eigenvalue weighted by Gasteiger charge is -2.17. The van der Waals surface area contributed by atoms with E-state index in [4.69, 9.17) is 11.6 Å². The van der Waals surface area contributed by atoms with Gasteiger partial charge in [-0.05, 0) is 32.0 Å². The van der Waals surface area contributed by atoms with Gasteiger partial charge >= 0.3 is 6.03 Å². The molecule has 2 atom stereocenters. The van der Waals surface area contributed by atoms with Crippen molar-refractivity contribution in [1.82, 2.24) is 20.4 Å². The number of hydrogen-bond donors (Lipinski definition) is 2. The molecule has 7 heteroatoms. The fourth-order valence-corrected chi connectivity index (χ4v) is 2.89. The maximum Gasteiger partial charge on any atom is 0.315 e. The Labute approximate surface area is 126 Å². The summed E-state index contributed by atoms with van der Waals surface area (Å²) in [6.45, 7) is 4.51. The second kappa shape index (κ2) is 6.76. The van der Waals surface area contributed by atoms with Gasteiger partial charge in [-0.2, -0.15) is 5.10 Å². The van der Waals surface area contributed by atoms with Gasteiger partial charge in [-0.1, -0.05) is 11.6 Å². The first kappa shape index (κ1) is 14.9. The molecule has 2 heterocycles. The van der Waals surface area contributed by atoms with Crippen molar-refractivity contribution in [1.29, 1.82) is 0 Å². The highest BCUT2D eigenvalue weighted by atomic mass is 35.5. The molecule has 2 aromatic heterocycles. The maximum atomic E-state index is 11.9. The lowest BCUT2D eigenvalue weighted by Crippen LogP contribution is -2.43. The largest absolute Gasteiger partial charge is 0.334 e. The quantitative estimate of drug-likeness (QED) is 0.891. The van der Waals surface area contributed by atoms with Crippen molar-refractivity contribution in [3.05, 3.63) is 39.8 Å². The van der Waals surface area contributed by atoms with E-state index < -0.39 is 0 Å². The third kappa shape index (κ3) is 4.25. The van der Waals surface area contributed by atoms with Crippen LogP contribution in [-0.4, -0.2) is 21.9 Å². The molecule has 2 rings (SSSR count). The molecule has 0 saturated heterocycles. The second-order valence-corrected chi connectivity index (χ2v) is 6.36. The second-order valence-electron chi connectivity index (χ2n) is 4.61. The number of amides is 2. The van der Waals surface area contributed by atoms with Crippen molar-refractivity contribution < 1.29 is 4.79 Å². The van der Waals surface area contributed by atoms with Gasteiger partial charge in [0.2, 0.25) is 0 Å². The van der Waals surface area contributed by atoms with Crippen molar-refractivity contribution in [2.24, 2.45) is 0 Å². The van der Waals surface area contributed by atoms with E-state index in [-0.39, 0.29) is 18.1 Å². The van der Waals surface area contributed by atoms with E-state index >= 15 is 0 Å². The van der Waals surface area contributed by atoms with Gasteiger partial charge in [0, 0.05) is 23.3 Å². The van der Waals surface area contributed by atoms with Crippen molar-refractivity contribution in [3.8, 4) is 0 Å². The molecule has 0 aliphatic carbocycles. The first-order valence-corrected chi connectivity index (χ1v) is 7.53. The standard InChI is InChI=1S/C13H17ClN4OS/c1-9(8-18-7-3-6-15-18)16-13(19)17-10(2)11-4-5-12(14)20-11/h3-7,9-10H,8H2,1-2H3,(H2,16,17,19)/t9-,10-/m1/s1. The summed E-state index contributed by atoms with van der Waals surface area (Å²) < 4.78 is 2.51. The molecule has 0 unspecified atom stereocenters. The average Bonchev–Trinajstić information content (AvgIpc) is 3.00. The summed E-state index contributed by atoms with van der Waals surface area (Å²) in [7, 11) is 0. The predicted octanol–water partition coefficient (Wildman–Crippen LogP) is 3.05. The minimum Gasteiger partial charge on any atom is -0.334 e. The molecule has 0 bridgehead atoms. The number of nitrogens with zero attached hydrogens (tertiary/aromatic N) is 2. The smallest absolute Gasteiger partial charge is 0.315 e. The highest BCUT2D eigenvalue weighted by Gasteiger charge is 2.13. The summed E-state index contributed by atoms with van der Waals surface area (Å²) >= 11 is 7.35. The zero-order valence-corrected chi connectivity index (χ0v) is 12.9. The number of carbonyl (C=O) groups is 1. The monoisotopic (exact) mass is 312 g/mol. The summed E-state index contributed by atoms with van der Waals surface area (Å²) in [5.74, 6) is 0. The van der Waals surface area contributed by atoms with Gasteiger partial charge in [-0.25, -0.2) is 4.79 Å². The van der Waals surface area contributed by atoms with Gasteiger partial charge in [0.1, 0.15) is 0 Å². The van der Waals surface area contributed by atoms with Crippen LogP contribution in [0.4, 0.5) is 4.79 Å². The number of carbonyl (C=O) groups excluding carboxylic acids is 1. The lowest BCUT2D eigenvalue weighted by molar-refractivity contribution is 0.233. The third-order valence-electron chi connectivity index (χ3n) is 2.77. The average molecular weight is 313 g/mol. The number of nitrogens with one attached hydrogen (secondary N) is 2. The SMILES string of the molecule is C[C@H](Cn1cccn1)NC(=O)N[C@H](C)c1ccc(Cl)s1. The van der Waals surface area contributed by atoms with Gasteiger partial charge in [0.15, 0.2) is 0 Å². The molecular formula is C13H17ClN4OS. The van der Waals surface area contributed by atoms with Crippen molar-refractivity contribution in [2.75, 3.05) is 0 Å². The van der Waals surface area contributed by atoms with E-state index in [9.17, 15) is 4.79 Å². The zero-order valence-electron chi connectivity index (χ0n) is 11.3. The molecule has 0 aromatic carbocycles. The molecule has 0 saturated carbocycles. The van der Waals surface area contributed by atoms with Gasteiger partial charge in [0.25, 0.3) is 0 Å². The van der Waals surface area contributed by atoms with Gasteiger partial charge < -0.3 is 10.6 Å². The molecular weight excluding hydrogens is 296 g/mol. The predicted molar refractivity (Wildman–Crippen MR) is 81.1 cm³/mol. The first-order chi connectivity index (χ1) is 9.54. The summed E-state index contributed by atoms with van der Waals surface area (Å²) in [6.07, 6.45) is 3.59. The highest BCUT2D eigenvalue weighted by molar-refractivity contribution is 7.16. The van der Waals surface area contributed by atoms with Crippen LogP contribution < -0.4 is 10.6 Å². The summed E-state index contributed by atoms with van der Waals surface area (Å²) in [4.78, 5) is 12.9. The minimum absolute atomic E-state index is 0.00553. The van der Waals surface area contributed by atoms with Crippen LogP contribution in [0.15, 0.2) is 30.6 Å². The van der Waals surface area contributed by atoms with Crippen LogP contribution in [0.3, 0.4) is 0 Å². The normalized spacial score (nSPS) is 13.8. The van der Waals surface area contributed by atoms with Crippen LogP contribution in [0.25, 0.3) is 0 Å². The number of thiophene rings is 1. The van der Waals surface area contributed by atoms with E-state index in [1.54, 1.807) is 10.9 Å². The molecule has 0 spiro atoms. The van der Waals surface area contributed by atoms with E-state index in [0.29, 0.717) is 6.54 Å². The van der Waals surface area contributed by atoms with Crippen LogP contribution in [0.2, 0.25) is 4.34 Å². The topological polar surface area (TPSA) is 59.0 Å². The van der Waals surface area contributed by atoms with Crippen LogP contribution in [0.1, 0.15) is 24.8 Å². The Morgan fingerprint density at radius 1 is 1.45 bits per heavy atom. The summed E-state index contributed by atoms with van der Waals surface area (Å²) in [5, 5.41) is 9.89. The first-order valence-electron chi connectivity index (χ1n) is 6.34. The zero-order chi connectivity index (χ0) is 14.5. The Morgan fingerprint density at radius 3 is 2.85 bits per heavy atom. The molecule has 0 fully saturated rings. The Kier molecular flexibility index (Phi) is 5.03. The molecule has 0 radical (unpaired) electrons. The molecule has 20 heavy (non-hydrogen) atoms. The van der Waals surface area contributed by atoms with E-state index in [1.807, 2.05) is 38.2 Å². The fourth-order valence-electron chi connectivity index (χ4n) is 1.83. The Hall–Kier alpha value is -1.53. The van der Waals surface area contributed by atoms with Crippen LogP contribution in [-0.2, 0) is 6.54 Å². The van der Waals surface area contributed by atoms with Crippen molar-refractivity contribution in [2.45, 2.75) is 32.5 Å². The van der Waals surface area contributed by atoms with E-state index in [2.05, 4.69) is 15.7 Å². The Bertz CT molecular complexity index is 554. The summed E-state index contributed by atoms with van der Waals surface area (Å²) in [6, 6.07) is 5.35. The molecule has 2 amide bonds. The summed E-state index contributed by atoms with van der Waals surface area (Å²) in [5.41, 5.74) is 0. The van der Waals surface area contributed by atoms with E-state index in [0.717, 1.165) is 9.21 Å². The van der Waals surface area contributed by atoms with Gasteiger partial charge in [0.05, 0.1) is 16.9 Å². The van der Waals surface area contributed by atoms with Crippen LogP contribution in [0.5, 0.6) is 0 Å². The van der Waals surface area contributed by atoms with Crippen molar-refractivity contribution in [3.63, 3.8) is 0 Å². The van der Waals surface area contributed by atoms with Crippen molar-refractivity contribution >= 4 is 29.0 Å². The Morgan fingerprint density at radius 2 is 2.25 bits per heavy atom. The van der Waals surface area contributed by atoms with Gasteiger partial charge in [-0.15, -0.1) is 11.3 Å². The Balaban J connectivity index is 1.80. The number of rotatable bonds is 5.